The molecule has 0 aliphatic carbocycles. The average molecular weight is 269 g/mol. The summed E-state index contributed by atoms with van der Waals surface area (Å²) in [6, 6.07) is -0.456. The molecular weight excluding hydrogens is 246 g/mol. The maximum absolute atomic E-state index is 11.8. The molecule has 0 aromatic carbocycles. The fourth-order valence-corrected chi connectivity index (χ4v) is 2.35. The summed E-state index contributed by atoms with van der Waals surface area (Å²) in [4.78, 5) is 17.3. The number of aryl methyl sites for hydroxylation is 2. The minimum absolute atomic E-state index is 0.0662. The summed E-state index contributed by atoms with van der Waals surface area (Å²) in [6.07, 6.45) is 1.88. The lowest BCUT2D eigenvalue weighted by Gasteiger charge is -2.25. The van der Waals surface area contributed by atoms with Crippen LogP contribution in [0.2, 0.25) is 0 Å². The summed E-state index contributed by atoms with van der Waals surface area (Å²) in [7, 11) is 0. The van der Waals surface area contributed by atoms with E-state index >= 15 is 0 Å². The molecule has 0 aliphatic rings. The van der Waals surface area contributed by atoms with Crippen LogP contribution in [0.1, 0.15) is 37.8 Å². The first-order valence-electron chi connectivity index (χ1n) is 6.24. The topological polar surface area (TPSA) is 68.0 Å². The lowest BCUT2D eigenvalue weighted by molar-refractivity contribution is -0.124. The van der Waals surface area contributed by atoms with Crippen molar-refractivity contribution in [2.45, 2.75) is 46.6 Å². The molecule has 5 heteroatoms. The van der Waals surface area contributed by atoms with Gasteiger partial charge in [0.15, 0.2) is 0 Å². The molecule has 1 atom stereocenters. The third kappa shape index (κ3) is 4.38. The van der Waals surface area contributed by atoms with Crippen LogP contribution in [0.4, 0.5) is 0 Å². The third-order valence-corrected chi connectivity index (χ3v) is 3.94. The van der Waals surface area contributed by atoms with Crippen molar-refractivity contribution in [3.8, 4) is 0 Å². The van der Waals surface area contributed by atoms with Gasteiger partial charge in [0, 0.05) is 11.4 Å². The quantitative estimate of drug-likeness (QED) is 0.802. The molecule has 1 rings (SSSR count). The number of nitrogens with two attached hydrogens (primary N) is 1. The summed E-state index contributed by atoms with van der Waals surface area (Å²) in [5, 5.41) is 2.89. The Balaban J connectivity index is 2.26. The summed E-state index contributed by atoms with van der Waals surface area (Å²) in [5.74, 6) is -0.0662. The van der Waals surface area contributed by atoms with Crippen LogP contribution in [-0.2, 0) is 11.2 Å². The van der Waals surface area contributed by atoms with Crippen LogP contribution in [0.15, 0.2) is 5.51 Å². The van der Waals surface area contributed by atoms with Gasteiger partial charge < -0.3 is 11.1 Å². The number of carbonyl (C=O) groups excluding carboxylic acids is 1. The van der Waals surface area contributed by atoms with Crippen LogP contribution in [0.25, 0.3) is 0 Å². The summed E-state index contributed by atoms with van der Waals surface area (Å²) in [5.41, 5.74) is 8.63. The number of hydrogen-bond donors (Lipinski definition) is 2. The highest BCUT2D eigenvalue weighted by Gasteiger charge is 2.26. The minimum Gasteiger partial charge on any atom is -0.355 e. The molecule has 0 bridgehead atoms. The van der Waals surface area contributed by atoms with Gasteiger partial charge in [-0.3, -0.25) is 4.79 Å². The average Bonchev–Trinajstić information content (AvgIpc) is 2.68. The molecule has 0 spiro atoms. The standard InChI is InChI=1S/C13H23N3OS/c1-9-10(18-8-16-9)6-5-7-15-12(17)11(14)13(2,3)4/h8,11H,5-7,14H2,1-4H3,(H,15,17)/t11-/m1/s1. The fourth-order valence-electron chi connectivity index (χ4n) is 1.53. The van der Waals surface area contributed by atoms with Crippen molar-refractivity contribution in [2.24, 2.45) is 11.1 Å². The molecule has 0 aliphatic heterocycles. The molecule has 102 valence electrons. The third-order valence-electron chi connectivity index (χ3n) is 2.94. The van der Waals surface area contributed by atoms with Gasteiger partial charge in [-0.1, -0.05) is 20.8 Å². The molecule has 0 radical (unpaired) electrons. The van der Waals surface area contributed by atoms with Gasteiger partial charge in [0.1, 0.15) is 0 Å². The van der Waals surface area contributed by atoms with Crippen molar-refractivity contribution in [1.82, 2.24) is 10.3 Å². The van der Waals surface area contributed by atoms with Gasteiger partial charge in [-0.2, -0.15) is 0 Å². The number of nitrogens with zero attached hydrogens (tertiary/aromatic N) is 1. The molecule has 0 fully saturated rings. The van der Waals surface area contributed by atoms with Gasteiger partial charge in [0.2, 0.25) is 5.91 Å². The van der Waals surface area contributed by atoms with Crippen molar-refractivity contribution >= 4 is 17.2 Å². The maximum atomic E-state index is 11.8. The van der Waals surface area contributed by atoms with Crippen LogP contribution in [0, 0.1) is 12.3 Å². The molecule has 0 unspecified atom stereocenters. The zero-order chi connectivity index (χ0) is 13.8. The van der Waals surface area contributed by atoms with Crippen LogP contribution in [-0.4, -0.2) is 23.5 Å². The lowest BCUT2D eigenvalue weighted by Crippen LogP contribution is -2.48. The second-order valence-corrected chi connectivity index (χ2v) is 6.54. The van der Waals surface area contributed by atoms with Gasteiger partial charge >= 0.3 is 0 Å². The molecule has 0 saturated heterocycles. The molecule has 0 saturated carbocycles. The second-order valence-electron chi connectivity index (χ2n) is 5.60. The Kier molecular flexibility index (Phi) is 5.28. The van der Waals surface area contributed by atoms with E-state index in [1.165, 1.54) is 4.88 Å². The molecule has 18 heavy (non-hydrogen) atoms. The van der Waals surface area contributed by atoms with E-state index in [0.29, 0.717) is 6.54 Å². The Morgan fingerprint density at radius 1 is 1.56 bits per heavy atom. The lowest BCUT2D eigenvalue weighted by atomic mass is 9.87. The Hall–Kier alpha value is -0.940. The van der Waals surface area contributed by atoms with E-state index in [9.17, 15) is 4.79 Å². The van der Waals surface area contributed by atoms with Crippen molar-refractivity contribution in [1.29, 1.82) is 0 Å². The first kappa shape index (κ1) is 15.1. The first-order valence-corrected chi connectivity index (χ1v) is 7.12. The predicted octanol–water partition coefficient (Wildman–Crippen LogP) is 1.87. The Labute approximate surface area is 113 Å². The first-order chi connectivity index (χ1) is 8.32. The molecule has 1 aromatic heterocycles. The maximum Gasteiger partial charge on any atom is 0.237 e. The van der Waals surface area contributed by atoms with Crippen LogP contribution in [0.3, 0.4) is 0 Å². The fraction of sp³-hybridized carbons (Fsp3) is 0.692. The van der Waals surface area contributed by atoms with E-state index in [4.69, 9.17) is 5.73 Å². The zero-order valence-corrected chi connectivity index (χ0v) is 12.4. The largest absolute Gasteiger partial charge is 0.355 e. The van der Waals surface area contributed by atoms with Crippen LogP contribution in [0.5, 0.6) is 0 Å². The number of nitrogens with one attached hydrogen (secondary N) is 1. The van der Waals surface area contributed by atoms with E-state index in [2.05, 4.69) is 10.3 Å². The van der Waals surface area contributed by atoms with E-state index < -0.39 is 6.04 Å². The highest BCUT2D eigenvalue weighted by atomic mass is 32.1. The Bertz CT molecular complexity index is 395. The van der Waals surface area contributed by atoms with Crippen LogP contribution >= 0.6 is 11.3 Å². The second kappa shape index (κ2) is 6.29. The van der Waals surface area contributed by atoms with E-state index in [-0.39, 0.29) is 11.3 Å². The molecular formula is C13H23N3OS. The van der Waals surface area contributed by atoms with Gasteiger partial charge in [-0.05, 0) is 25.2 Å². The zero-order valence-electron chi connectivity index (χ0n) is 11.6. The van der Waals surface area contributed by atoms with Crippen molar-refractivity contribution in [3.05, 3.63) is 16.1 Å². The highest BCUT2D eigenvalue weighted by Crippen LogP contribution is 2.17. The molecule has 4 nitrogen and oxygen atoms in total. The van der Waals surface area contributed by atoms with E-state index in [1.54, 1.807) is 11.3 Å². The normalized spacial score (nSPS) is 13.4. The van der Waals surface area contributed by atoms with Crippen molar-refractivity contribution in [3.63, 3.8) is 0 Å². The van der Waals surface area contributed by atoms with E-state index in [1.807, 2.05) is 33.2 Å². The number of amides is 1. The van der Waals surface area contributed by atoms with Gasteiger partial charge in [-0.15, -0.1) is 11.3 Å². The molecule has 1 heterocycles. The Morgan fingerprint density at radius 3 is 2.72 bits per heavy atom. The minimum atomic E-state index is -0.456. The summed E-state index contributed by atoms with van der Waals surface area (Å²) in [6.45, 7) is 8.59. The number of rotatable bonds is 5. The van der Waals surface area contributed by atoms with Crippen molar-refractivity contribution in [2.75, 3.05) is 6.54 Å². The number of hydrogen-bond acceptors (Lipinski definition) is 4. The van der Waals surface area contributed by atoms with Gasteiger partial charge in [-0.25, -0.2) is 4.98 Å². The number of thiazole rings is 1. The van der Waals surface area contributed by atoms with E-state index in [0.717, 1.165) is 18.5 Å². The van der Waals surface area contributed by atoms with Gasteiger partial charge in [0.05, 0.1) is 17.2 Å². The smallest absolute Gasteiger partial charge is 0.237 e. The van der Waals surface area contributed by atoms with Crippen LogP contribution < -0.4 is 11.1 Å². The monoisotopic (exact) mass is 269 g/mol. The number of aromatic nitrogens is 1. The summed E-state index contributed by atoms with van der Waals surface area (Å²) >= 11 is 1.67. The number of carbonyl (C=O) groups is 1. The predicted molar refractivity (Wildman–Crippen MR) is 75.6 cm³/mol. The highest BCUT2D eigenvalue weighted by molar-refractivity contribution is 7.09. The van der Waals surface area contributed by atoms with Crippen molar-refractivity contribution < 1.29 is 4.79 Å². The molecule has 3 N–H and O–H groups in total. The molecule has 1 aromatic rings. The van der Waals surface area contributed by atoms with Gasteiger partial charge in [0.25, 0.3) is 0 Å². The SMILES string of the molecule is Cc1ncsc1CCCNC(=O)[C@@H](N)C(C)(C)C. The Morgan fingerprint density at radius 2 is 2.22 bits per heavy atom. The summed E-state index contributed by atoms with van der Waals surface area (Å²) < 4.78 is 0. The molecule has 1 amide bonds.